The van der Waals surface area contributed by atoms with Gasteiger partial charge in [0.05, 0.1) is 22.8 Å². The second-order valence-electron chi connectivity index (χ2n) is 7.13. The SMILES string of the molecule is O=C(CSc1nnnn1-c1cccc(Cl)c1)N1c2ccccc2CCc2ccccc21. The zero-order valence-electron chi connectivity index (χ0n) is 16.5. The molecule has 2 heterocycles. The van der Waals surface area contributed by atoms with Gasteiger partial charge in [0, 0.05) is 5.02 Å². The molecule has 5 rings (SSSR count). The number of anilines is 2. The summed E-state index contributed by atoms with van der Waals surface area (Å²) in [5, 5.41) is 13.1. The average Bonchev–Trinajstić information content (AvgIpc) is 3.20. The van der Waals surface area contributed by atoms with Gasteiger partial charge < -0.3 is 0 Å². The molecule has 3 aromatic carbocycles. The van der Waals surface area contributed by atoms with E-state index in [0.29, 0.717) is 10.2 Å². The molecule has 6 nitrogen and oxygen atoms in total. The van der Waals surface area contributed by atoms with E-state index in [1.54, 1.807) is 16.8 Å². The van der Waals surface area contributed by atoms with Gasteiger partial charge in [-0.15, -0.1) is 5.10 Å². The van der Waals surface area contributed by atoms with E-state index < -0.39 is 0 Å². The van der Waals surface area contributed by atoms with Gasteiger partial charge in [-0.1, -0.05) is 65.8 Å². The van der Waals surface area contributed by atoms with E-state index in [4.69, 9.17) is 11.6 Å². The van der Waals surface area contributed by atoms with Crippen LogP contribution >= 0.6 is 23.4 Å². The fourth-order valence-electron chi connectivity index (χ4n) is 3.78. The van der Waals surface area contributed by atoms with E-state index in [9.17, 15) is 4.79 Å². The van der Waals surface area contributed by atoms with Crippen molar-refractivity contribution in [2.75, 3.05) is 10.7 Å². The van der Waals surface area contributed by atoms with Crippen molar-refractivity contribution >= 4 is 40.6 Å². The number of benzene rings is 3. The Hall–Kier alpha value is -3.16. The molecule has 1 amide bonds. The van der Waals surface area contributed by atoms with Crippen LogP contribution in [0.2, 0.25) is 5.02 Å². The van der Waals surface area contributed by atoms with Crippen molar-refractivity contribution in [3.63, 3.8) is 0 Å². The molecule has 0 N–H and O–H groups in total. The zero-order valence-corrected chi connectivity index (χ0v) is 18.1. The fourth-order valence-corrected chi connectivity index (χ4v) is 4.70. The third-order valence-corrected chi connectivity index (χ3v) is 6.34. The topological polar surface area (TPSA) is 63.9 Å². The number of halogens is 1. The number of nitrogens with zero attached hydrogens (tertiary/aromatic N) is 5. The molecule has 31 heavy (non-hydrogen) atoms. The van der Waals surface area contributed by atoms with Crippen LogP contribution in [0.15, 0.2) is 78.0 Å². The predicted molar refractivity (Wildman–Crippen MR) is 122 cm³/mol. The van der Waals surface area contributed by atoms with Crippen LogP contribution in [0.25, 0.3) is 5.69 Å². The molecular weight excluding hydrogens is 430 g/mol. The lowest BCUT2D eigenvalue weighted by atomic mass is 10.0. The van der Waals surface area contributed by atoms with Crippen molar-refractivity contribution in [3.05, 3.63) is 88.9 Å². The van der Waals surface area contributed by atoms with Crippen LogP contribution in [0.1, 0.15) is 11.1 Å². The molecule has 0 unspecified atom stereocenters. The zero-order chi connectivity index (χ0) is 21.2. The van der Waals surface area contributed by atoms with Crippen molar-refractivity contribution in [2.24, 2.45) is 0 Å². The summed E-state index contributed by atoms with van der Waals surface area (Å²) >= 11 is 7.41. The number of carbonyl (C=O) groups is 1. The van der Waals surface area contributed by atoms with Crippen molar-refractivity contribution < 1.29 is 4.79 Å². The van der Waals surface area contributed by atoms with E-state index in [-0.39, 0.29) is 11.7 Å². The number of para-hydroxylation sites is 2. The van der Waals surface area contributed by atoms with Gasteiger partial charge in [-0.3, -0.25) is 9.69 Å². The molecule has 0 aliphatic carbocycles. The summed E-state index contributed by atoms with van der Waals surface area (Å²) in [4.78, 5) is 15.3. The minimum absolute atomic E-state index is 0.0209. The Morgan fingerprint density at radius 3 is 2.29 bits per heavy atom. The maximum Gasteiger partial charge on any atom is 0.242 e. The summed E-state index contributed by atoms with van der Waals surface area (Å²) in [6, 6.07) is 23.5. The number of fused-ring (bicyclic) bond motifs is 2. The number of aryl methyl sites for hydroxylation is 2. The predicted octanol–water partition coefficient (Wildman–Crippen LogP) is 4.87. The molecule has 0 atom stereocenters. The summed E-state index contributed by atoms with van der Waals surface area (Å²) in [6.07, 6.45) is 1.80. The Labute approximate surface area is 188 Å². The molecule has 0 saturated carbocycles. The highest BCUT2D eigenvalue weighted by Crippen LogP contribution is 2.36. The van der Waals surface area contributed by atoms with Crippen molar-refractivity contribution in [2.45, 2.75) is 18.0 Å². The lowest BCUT2D eigenvalue weighted by Crippen LogP contribution is -2.28. The number of carbonyl (C=O) groups excluding carboxylic acids is 1. The van der Waals surface area contributed by atoms with E-state index in [0.717, 1.165) is 29.9 Å². The highest BCUT2D eigenvalue weighted by Gasteiger charge is 2.26. The molecule has 154 valence electrons. The summed E-state index contributed by atoms with van der Waals surface area (Å²) in [7, 11) is 0. The molecule has 0 spiro atoms. The molecular formula is C23H18ClN5OS. The van der Waals surface area contributed by atoms with Gasteiger partial charge in [0.15, 0.2) is 0 Å². The Balaban J connectivity index is 1.44. The molecule has 0 saturated heterocycles. The van der Waals surface area contributed by atoms with Gasteiger partial charge in [-0.05, 0) is 64.7 Å². The van der Waals surface area contributed by atoms with Gasteiger partial charge in [0.1, 0.15) is 0 Å². The van der Waals surface area contributed by atoms with Crippen molar-refractivity contribution in [3.8, 4) is 5.69 Å². The average molecular weight is 448 g/mol. The number of thioether (sulfide) groups is 1. The normalized spacial score (nSPS) is 12.7. The van der Waals surface area contributed by atoms with Crippen LogP contribution in [-0.2, 0) is 17.6 Å². The van der Waals surface area contributed by atoms with E-state index in [2.05, 4.69) is 27.7 Å². The Morgan fingerprint density at radius 2 is 1.61 bits per heavy atom. The lowest BCUT2D eigenvalue weighted by molar-refractivity contribution is -0.115. The second-order valence-corrected chi connectivity index (χ2v) is 8.51. The number of amides is 1. The maximum absolute atomic E-state index is 13.5. The lowest BCUT2D eigenvalue weighted by Gasteiger charge is -2.24. The molecule has 1 aromatic heterocycles. The molecule has 0 bridgehead atoms. The van der Waals surface area contributed by atoms with Gasteiger partial charge >= 0.3 is 0 Å². The summed E-state index contributed by atoms with van der Waals surface area (Å²) in [5.74, 6) is 0.177. The molecule has 0 radical (unpaired) electrons. The largest absolute Gasteiger partial charge is 0.280 e. The first-order chi connectivity index (χ1) is 15.2. The quantitative estimate of drug-likeness (QED) is 0.417. The molecule has 1 aliphatic rings. The minimum atomic E-state index is -0.0209. The highest BCUT2D eigenvalue weighted by molar-refractivity contribution is 7.99. The van der Waals surface area contributed by atoms with Gasteiger partial charge in [-0.25, -0.2) is 0 Å². The summed E-state index contributed by atoms with van der Waals surface area (Å²) in [5.41, 5.74) is 4.96. The van der Waals surface area contributed by atoms with Crippen LogP contribution in [-0.4, -0.2) is 31.9 Å². The van der Waals surface area contributed by atoms with Crippen LogP contribution in [0.3, 0.4) is 0 Å². The number of tetrazole rings is 1. The molecule has 0 fully saturated rings. The highest BCUT2D eigenvalue weighted by atomic mass is 35.5. The van der Waals surface area contributed by atoms with Crippen LogP contribution in [0.5, 0.6) is 0 Å². The third kappa shape index (κ3) is 3.94. The van der Waals surface area contributed by atoms with Crippen molar-refractivity contribution in [1.29, 1.82) is 0 Å². The minimum Gasteiger partial charge on any atom is -0.280 e. The Bertz CT molecular complexity index is 1210. The number of rotatable bonds is 4. The fraction of sp³-hybridized carbons (Fsp3) is 0.130. The molecule has 8 heteroatoms. The molecule has 4 aromatic rings. The number of hydrogen-bond acceptors (Lipinski definition) is 5. The maximum atomic E-state index is 13.5. The third-order valence-electron chi connectivity index (χ3n) is 5.20. The van der Waals surface area contributed by atoms with Gasteiger partial charge in [0.25, 0.3) is 0 Å². The summed E-state index contributed by atoms with van der Waals surface area (Å²) < 4.78 is 1.59. The number of hydrogen-bond donors (Lipinski definition) is 0. The van der Waals surface area contributed by atoms with E-state index in [1.807, 2.05) is 53.4 Å². The molecule has 1 aliphatic heterocycles. The van der Waals surface area contributed by atoms with E-state index >= 15 is 0 Å². The first kappa shape index (κ1) is 19.8. The first-order valence-electron chi connectivity index (χ1n) is 9.86. The standard InChI is InChI=1S/C23H18ClN5OS/c24-18-8-5-9-19(14-18)29-23(25-26-27-29)31-15-22(30)28-20-10-3-1-6-16(20)12-13-17-7-2-4-11-21(17)28/h1-11,14H,12-13,15H2. The number of aromatic nitrogens is 4. The van der Waals surface area contributed by atoms with Gasteiger partial charge in [0.2, 0.25) is 11.1 Å². The smallest absolute Gasteiger partial charge is 0.242 e. The van der Waals surface area contributed by atoms with E-state index in [1.165, 1.54) is 22.9 Å². The van der Waals surface area contributed by atoms with Crippen molar-refractivity contribution in [1.82, 2.24) is 20.2 Å². The van der Waals surface area contributed by atoms with Crippen LogP contribution in [0.4, 0.5) is 11.4 Å². The van der Waals surface area contributed by atoms with Crippen LogP contribution < -0.4 is 4.90 Å². The van der Waals surface area contributed by atoms with Gasteiger partial charge in [-0.2, -0.15) is 4.68 Å². The Morgan fingerprint density at radius 1 is 0.935 bits per heavy atom. The second kappa shape index (κ2) is 8.53. The summed E-state index contributed by atoms with van der Waals surface area (Å²) in [6.45, 7) is 0. The van der Waals surface area contributed by atoms with Crippen LogP contribution in [0, 0.1) is 0 Å². The monoisotopic (exact) mass is 447 g/mol. The Kier molecular flexibility index (Phi) is 5.44. The first-order valence-corrected chi connectivity index (χ1v) is 11.2.